The number of benzene rings is 1. The number of methoxy groups -OCH3 is 2. The van der Waals surface area contributed by atoms with E-state index in [2.05, 4.69) is 20.1 Å². The molecule has 0 bridgehead atoms. The van der Waals surface area contributed by atoms with Gasteiger partial charge in [-0.3, -0.25) is 4.79 Å². The Bertz CT molecular complexity index is 742. The van der Waals surface area contributed by atoms with Crippen LogP contribution in [-0.2, 0) is 19.4 Å². The smallest absolute Gasteiger partial charge is 0.255 e. The molecule has 0 radical (unpaired) electrons. The zero-order chi connectivity index (χ0) is 17.6. The number of amides is 1. The second-order valence-electron chi connectivity index (χ2n) is 6.07. The Hall–Kier alpha value is -2.57. The molecule has 7 heteroatoms. The normalized spacial score (nSPS) is 13.7. The first-order chi connectivity index (χ1) is 12.2. The van der Waals surface area contributed by atoms with Crippen molar-refractivity contribution in [2.75, 3.05) is 20.8 Å². The van der Waals surface area contributed by atoms with Crippen LogP contribution in [0.1, 0.15) is 41.3 Å². The summed E-state index contributed by atoms with van der Waals surface area (Å²) in [5, 5.41) is 11.5. The second kappa shape index (κ2) is 8.00. The third kappa shape index (κ3) is 3.92. The second-order valence-corrected chi connectivity index (χ2v) is 6.07. The molecular formula is C18H24N4O3. The van der Waals surface area contributed by atoms with Gasteiger partial charge in [-0.15, -0.1) is 10.2 Å². The first-order valence-electron chi connectivity index (χ1n) is 8.64. The number of aromatic nitrogens is 3. The third-order valence-corrected chi connectivity index (χ3v) is 4.47. The Labute approximate surface area is 147 Å². The molecule has 0 saturated carbocycles. The first kappa shape index (κ1) is 17.3. The molecule has 1 aliphatic rings. The SMILES string of the molecule is COc1ccc(OC)c(C(=O)NCCc2nnc3n2CCCCC3)c1. The highest BCUT2D eigenvalue weighted by Crippen LogP contribution is 2.23. The molecule has 0 atom stereocenters. The predicted octanol–water partition coefficient (Wildman–Crippen LogP) is 1.99. The van der Waals surface area contributed by atoms with Crippen LogP contribution in [0.25, 0.3) is 0 Å². The number of nitrogens with zero attached hydrogens (tertiary/aromatic N) is 3. The van der Waals surface area contributed by atoms with Gasteiger partial charge in [-0.25, -0.2) is 0 Å². The number of hydrogen-bond donors (Lipinski definition) is 1. The number of ether oxygens (including phenoxy) is 2. The maximum Gasteiger partial charge on any atom is 0.255 e. The topological polar surface area (TPSA) is 78.3 Å². The summed E-state index contributed by atoms with van der Waals surface area (Å²) in [5.41, 5.74) is 0.460. The van der Waals surface area contributed by atoms with Crippen LogP contribution in [0, 0.1) is 0 Å². The summed E-state index contributed by atoms with van der Waals surface area (Å²) >= 11 is 0. The molecule has 0 spiro atoms. The lowest BCUT2D eigenvalue weighted by molar-refractivity contribution is 0.0950. The van der Waals surface area contributed by atoms with Gasteiger partial charge in [0.15, 0.2) is 0 Å². The fourth-order valence-corrected chi connectivity index (χ4v) is 3.10. The molecule has 2 aromatic rings. The van der Waals surface area contributed by atoms with E-state index in [-0.39, 0.29) is 5.91 Å². The fraction of sp³-hybridized carbons (Fsp3) is 0.500. The van der Waals surface area contributed by atoms with Crippen molar-refractivity contribution >= 4 is 5.91 Å². The van der Waals surface area contributed by atoms with Crippen molar-refractivity contribution < 1.29 is 14.3 Å². The van der Waals surface area contributed by atoms with E-state index in [9.17, 15) is 4.79 Å². The van der Waals surface area contributed by atoms with Crippen LogP contribution in [0.3, 0.4) is 0 Å². The summed E-state index contributed by atoms with van der Waals surface area (Å²) in [6, 6.07) is 5.17. The van der Waals surface area contributed by atoms with E-state index in [1.807, 2.05) is 0 Å². The van der Waals surface area contributed by atoms with Crippen LogP contribution in [0.5, 0.6) is 11.5 Å². The minimum Gasteiger partial charge on any atom is -0.497 e. The molecule has 0 saturated heterocycles. The van der Waals surface area contributed by atoms with Gasteiger partial charge in [0, 0.05) is 25.9 Å². The summed E-state index contributed by atoms with van der Waals surface area (Å²) in [5.74, 6) is 2.96. The summed E-state index contributed by atoms with van der Waals surface area (Å²) in [6.45, 7) is 1.46. The highest BCUT2D eigenvalue weighted by atomic mass is 16.5. The Kier molecular flexibility index (Phi) is 5.53. The van der Waals surface area contributed by atoms with E-state index in [1.165, 1.54) is 12.8 Å². The average molecular weight is 344 g/mol. The third-order valence-electron chi connectivity index (χ3n) is 4.47. The van der Waals surface area contributed by atoms with Gasteiger partial charge < -0.3 is 19.4 Å². The Morgan fingerprint density at radius 3 is 2.88 bits per heavy atom. The molecule has 3 rings (SSSR count). The Balaban J connectivity index is 1.63. The molecule has 2 heterocycles. The molecule has 0 fully saturated rings. The van der Waals surface area contributed by atoms with E-state index in [1.54, 1.807) is 32.4 Å². The standard InChI is InChI=1S/C18H24N4O3/c1-24-13-7-8-15(25-2)14(12-13)18(23)19-10-9-17-21-20-16-6-4-3-5-11-22(16)17/h7-8,12H,3-6,9-11H2,1-2H3,(H,19,23). The van der Waals surface area contributed by atoms with Crippen LogP contribution in [0.4, 0.5) is 0 Å². The van der Waals surface area contributed by atoms with Crippen molar-refractivity contribution in [1.29, 1.82) is 0 Å². The van der Waals surface area contributed by atoms with Gasteiger partial charge in [0.25, 0.3) is 5.91 Å². The fourth-order valence-electron chi connectivity index (χ4n) is 3.10. The molecule has 1 aromatic carbocycles. The van der Waals surface area contributed by atoms with Crippen LogP contribution < -0.4 is 14.8 Å². The van der Waals surface area contributed by atoms with Gasteiger partial charge in [-0.05, 0) is 31.0 Å². The number of rotatable bonds is 6. The monoisotopic (exact) mass is 344 g/mol. The van der Waals surface area contributed by atoms with E-state index in [0.29, 0.717) is 30.0 Å². The van der Waals surface area contributed by atoms with Crippen LogP contribution in [0.2, 0.25) is 0 Å². The number of fused-ring (bicyclic) bond motifs is 1. The zero-order valence-electron chi connectivity index (χ0n) is 14.7. The van der Waals surface area contributed by atoms with Crippen LogP contribution in [-0.4, -0.2) is 41.4 Å². The van der Waals surface area contributed by atoms with Crippen molar-refractivity contribution in [3.05, 3.63) is 35.4 Å². The number of aryl methyl sites for hydroxylation is 1. The van der Waals surface area contributed by atoms with E-state index >= 15 is 0 Å². The summed E-state index contributed by atoms with van der Waals surface area (Å²) in [6.07, 6.45) is 5.20. The lowest BCUT2D eigenvalue weighted by Crippen LogP contribution is -2.27. The van der Waals surface area contributed by atoms with E-state index in [0.717, 1.165) is 31.0 Å². The van der Waals surface area contributed by atoms with Crippen molar-refractivity contribution in [2.24, 2.45) is 0 Å². The Morgan fingerprint density at radius 2 is 2.08 bits per heavy atom. The molecule has 1 aliphatic heterocycles. The molecule has 25 heavy (non-hydrogen) atoms. The van der Waals surface area contributed by atoms with Crippen molar-refractivity contribution in [3.8, 4) is 11.5 Å². The number of carbonyl (C=O) groups is 1. The predicted molar refractivity (Wildman–Crippen MR) is 93.2 cm³/mol. The van der Waals surface area contributed by atoms with Crippen molar-refractivity contribution in [2.45, 2.75) is 38.6 Å². The Morgan fingerprint density at radius 1 is 1.20 bits per heavy atom. The molecular weight excluding hydrogens is 320 g/mol. The zero-order valence-corrected chi connectivity index (χ0v) is 14.7. The van der Waals surface area contributed by atoms with Gasteiger partial charge in [-0.2, -0.15) is 0 Å². The molecule has 0 unspecified atom stereocenters. The lowest BCUT2D eigenvalue weighted by Gasteiger charge is -2.11. The van der Waals surface area contributed by atoms with Gasteiger partial charge in [0.05, 0.1) is 19.8 Å². The molecule has 7 nitrogen and oxygen atoms in total. The highest BCUT2D eigenvalue weighted by molar-refractivity contribution is 5.97. The van der Waals surface area contributed by atoms with Gasteiger partial charge >= 0.3 is 0 Å². The number of nitrogens with one attached hydrogen (secondary N) is 1. The highest BCUT2D eigenvalue weighted by Gasteiger charge is 2.16. The maximum atomic E-state index is 12.5. The maximum absolute atomic E-state index is 12.5. The average Bonchev–Trinajstić information content (AvgIpc) is 2.87. The largest absolute Gasteiger partial charge is 0.497 e. The molecule has 134 valence electrons. The van der Waals surface area contributed by atoms with Crippen molar-refractivity contribution in [3.63, 3.8) is 0 Å². The van der Waals surface area contributed by atoms with Crippen molar-refractivity contribution in [1.82, 2.24) is 20.1 Å². The number of carbonyl (C=O) groups excluding carboxylic acids is 1. The summed E-state index contributed by atoms with van der Waals surface area (Å²) in [4.78, 5) is 12.5. The van der Waals surface area contributed by atoms with E-state index in [4.69, 9.17) is 9.47 Å². The van der Waals surface area contributed by atoms with Gasteiger partial charge in [-0.1, -0.05) is 6.42 Å². The molecule has 1 N–H and O–H groups in total. The molecule has 1 amide bonds. The molecule has 1 aromatic heterocycles. The van der Waals surface area contributed by atoms with Gasteiger partial charge in [0.2, 0.25) is 0 Å². The summed E-state index contributed by atoms with van der Waals surface area (Å²) < 4.78 is 12.6. The lowest BCUT2D eigenvalue weighted by atomic mass is 10.1. The quantitative estimate of drug-likeness (QED) is 0.867. The summed E-state index contributed by atoms with van der Waals surface area (Å²) in [7, 11) is 3.12. The van der Waals surface area contributed by atoms with Crippen LogP contribution >= 0.6 is 0 Å². The molecule has 0 aliphatic carbocycles. The van der Waals surface area contributed by atoms with E-state index < -0.39 is 0 Å². The van der Waals surface area contributed by atoms with Gasteiger partial charge in [0.1, 0.15) is 23.1 Å². The van der Waals surface area contributed by atoms with Crippen LogP contribution in [0.15, 0.2) is 18.2 Å². The minimum atomic E-state index is -0.189. The first-order valence-corrected chi connectivity index (χ1v) is 8.64. The minimum absolute atomic E-state index is 0.189. The number of hydrogen-bond acceptors (Lipinski definition) is 5.